The molecule has 0 aliphatic carbocycles. The van der Waals surface area contributed by atoms with Crippen LogP contribution in [0.2, 0.25) is 0 Å². The van der Waals surface area contributed by atoms with Crippen LogP contribution < -0.4 is 21.3 Å². The Labute approximate surface area is 240 Å². The van der Waals surface area contributed by atoms with Gasteiger partial charge in [0, 0.05) is 11.4 Å². The number of para-hydroxylation sites is 2. The maximum Gasteiger partial charge on any atom is 0.266 e. The van der Waals surface area contributed by atoms with Gasteiger partial charge < -0.3 is 11.5 Å². The van der Waals surface area contributed by atoms with Crippen LogP contribution in [0.15, 0.2) is 109 Å². The van der Waals surface area contributed by atoms with E-state index in [0.717, 1.165) is 32.1 Å². The SMILES string of the molecule is Nc1ccc(-c2ccc3c(c2)C(=O)N(c2ccccc2N2C(=O)c4ccc(-c5ccc(N)cc5)cc4C2=O)C3=O)cc1. The summed E-state index contributed by atoms with van der Waals surface area (Å²) in [6.45, 7) is 0. The monoisotopic (exact) mass is 550 g/mol. The van der Waals surface area contributed by atoms with Gasteiger partial charge in [-0.1, -0.05) is 48.5 Å². The lowest BCUT2D eigenvalue weighted by atomic mass is 10.00. The molecule has 0 saturated heterocycles. The number of nitrogen functional groups attached to an aromatic ring is 2. The molecule has 0 radical (unpaired) electrons. The second kappa shape index (κ2) is 9.28. The summed E-state index contributed by atoms with van der Waals surface area (Å²) in [7, 11) is 0. The highest BCUT2D eigenvalue weighted by molar-refractivity contribution is 6.39. The molecule has 8 nitrogen and oxygen atoms in total. The molecule has 2 aliphatic heterocycles. The Kier molecular flexibility index (Phi) is 5.52. The van der Waals surface area contributed by atoms with E-state index >= 15 is 0 Å². The molecule has 0 bridgehead atoms. The molecular weight excluding hydrogens is 528 g/mol. The van der Waals surface area contributed by atoms with E-state index in [0.29, 0.717) is 11.4 Å². The van der Waals surface area contributed by atoms with Crippen LogP contribution in [0.3, 0.4) is 0 Å². The number of hydrogen-bond donors (Lipinski definition) is 2. The van der Waals surface area contributed by atoms with Gasteiger partial charge in [-0.15, -0.1) is 0 Å². The number of amides is 4. The topological polar surface area (TPSA) is 127 Å². The number of benzene rings is 5. The largest absolute Gasteiger partial charge is 0.399 e. The van der Waals surface area contributed by atoms with Gasteiger partial charge in [0.1, 0.15) is 0 Å². The summed E-state index contributed by atoms with van der Waals surface area (Å²) in [6, 6.07) is 30.9. The van der Waals surface area contributed by atoms with Gasteiger partial charge in [-0.3, -0.25) is 19.2 Å². The molecule has 8 heteroatoms. The fourth-order valence-electron chi connectivity index (χ4n) is 5.47. The molecular formula is C34H22N4O4. The van der Waals surface area contributed by atoms with Gasteiger partial charge in [0.15, 0.2) is 0 Å². The molecule has 4 amide bonds. The number of imide groups is 2. The molecule has 2 heterocycles. The van der Waals surface area contributed by atoms with E-state index in [4.69, 9.17) is 11.5 Å². The highest BCUT2D eigenvalue weighted by Gasteiger charge is 2.42. The molecule has 7 rings (SSSR count). The minimum absolute atomic E-state index is 0.144. The lowest BCUT2D eigenvalue weighted by molar-refractivity contribution is 0.0904. The third kappa shape index (κ3) is 3.77. The zero-order chi connectivity index (χ0) is 29.1. The average Bonchev–Trinajstić information content (AvgIpc) is 3.41. The first-order chi connectivity index (χ1) is 20.3. The Bertz CT molecular complexity index is 1840. The van der Waals surface area contributed by atoms with Gasteiger partial charge in [0.05, 0.1) is 33.6 Å². The van der Waals surface area contributed by atoms with Gasteiger partial charge >= 0.3 is 0 Å². The minimum Gasteiger partial charge on any atom is -0.399 e. The van der Waals surface area contributed by atoms with Gasteiger partial charge in [-0.05, 0) is 82.9 Å². The fraction of sp³-hybridized carbons (Fsp3) is 0. The predicted molar refractivity (Wildman–Crippen MR) is 161 cm³/mol. The van der Waals surface area contributed by atoms with Crippen LogP contribution >= 0.6 is 0 Å². The van der Waals surface area contributed by atoms with E-state index in [1.54, 1.807) is 84.9 Å². The van der Waals surface area contributed by atoms with Crippen LogP contribution in [0.25, 0.3) is 22.3 Å². The third-order valence-electron chi connectivity index (χ3n) is 7.62. The van der Waals surface area contributed by atoms with E-state index in [2.05, 4.69) is 0 Å². The van der Waals surface area contributed by atoms with E-state index in [-0.39, 0.29) is 33.6 Å². The first-order valence-corrected chi connectivity index (χ1v) is 13.2. The number of nitrogens with zero attached hydrogens (tertiary/aromatic N) is 2. The Morgan fingerprint density at radius 1 is 0.381 bits per heavy atom. The number of hydrogen-bond acceptors (Lipinski definition) is 6. The van der Waals surface area contributed by atoms with Gasteiger partial charge in [-0.2, -0.15) is 0 Å². The summed E-state index contributed by atoms with van der Waals surface area (Å²) in [6.07, 6.45) is 0. The van der Waals surface area contributed by atoms with Crippen molar-refractivity contribution in [2.45, 2.75) is 0 Å². The molecule has 4 N–H and O–H groups in total. The lowest BCUT2D eigenvalue weighted by Gasteiger charge is -2.22. The molecule has 0 fully saturated rings. The quantitative estimate of drug-likeness (QED) is 0.216. The Morgan fingerprint density at radius 2 is 0.714 bits per heavy atom. The molecule has 42 heavy (non-hydrogen) atoms. The summed E-state index contributed by atoms with van der Waals surface area (Å²) in [4.78, 5) is 56.6. The zero-order valence-electron chi connectivity index (χ0n) is 22.1. The first kappa shape index (κ1) is 25.0. The number of fused-ring (bicyclic) bond motifs is 2. The summed E-state index contributed by atoms with van der Waals surface area (Å²) in [5.41, 5.74) is 17.3. The number of carbonyl (C=O) groups is 4. The van der Waals surface area contributed by atoms with Crippen LogP contribution in [0.5, 0.6) is 0 Å². The van der Waals surface area contributed by atoms with Crippen LogP contribution in [0, 0.1) is 0 Å². The van der Waals surface area contributed by atoms with Crippen molar-refractivity contribution in [1.82, 2.24) is 0 Å². The molecule has 0 saturated carbocycles. The molecule has 5 aromatic rings. The number of carbonyl (C=O) groups excluding carboxylic acids is 4. The maximum absolute atomic E-state index is 13.7. The Balaban J connectivity index is 1.26. The van der Waals surface area contributed by atoms with Crippen molar-refractivity contribution in [3.05, 3.63) is 131 Å². The van der Waals surface area contributed by atoms with Crippen molar-refractivity contribution in [2.24, 2.45) is 0 Å². The van der Waals surface area contributed by atoms with Gasteiger partial charge in [0.2, 0.25) is 0 Å². The molecule has 202 valence electrons. The summed E-state index contributed by atoms with van der Waals surface area (Å²) < 4.78 is 0. The Morgan fingerprint density at radius 3 is 1.10 bits per heavy atom. The lowest BCUT2D eigenvalue weighted by Crippen LogP contribution is -2.35. The molecule has 0 spiro atoms. The molecule has 2 aliphatic rings. The second-order valence-corrected chi connectivity index (χ2v) is 10.1. The summed E-state index contributed by atoms with van der Waals surface area (Å²) >= 11 is 0. The highest BCUT2D eigenvalue weighted by atomic mass is 16.2. The van der Waals surface area contributed by atoms with Crippen molar-refractivity contribution in [3.63, 3.8) is 0 Å². The maximum atomic E-state index is 13.7. The average molecular weight is 551 g/mol. The third-order valence-corrected chi connectivity index (χ3v) is 7.62. The molecule has 0 unspecified atom stereocenters. The van der Waals surface area contributed by atoms with Gasteiger partial charge in [-0.25, -0.2) is 9.80 Å². The van der Waals surface area contributed by atoms with E-state index in [1.165, 1.54) is 0 Å². The zero-order valence-corrected chi connectivity index (χ0v) is 22.1. The summed E-state index contributed by atoms with van der Waals surface area (Å²) in [5.74, 6) is -2.15. The predicted octanol–water partition coefficient (Wildman–Crippen LogP) is 5.79. The molecule has 5 aromatic carbocycles. The number of nitrogens with two attached hydrogens (primary N) is 2. The van der Waals surface area contributed by atoms with Crippen LogP contribution in [-0.4, -0.2) is 23.6 Å². The van der Waals surface area contributed by atoms with E-state index in [9.17, 15) is 19.2 Å². The first-order valence-electron chi connectivity index (χ1n) is 13.2. The van der Waals surface area contributed by atoms with E-state index in [1.807, 2.05) is 24.3 Å². The summed E-state index contributed by atoms with van der Waals surface area (Å²) in [5, 5.41) is 0. The van der Waals surface area contributed by atoms with Crippen LogP contribution in [-0.2, 0) is 0 Å². The molecule has 0 atom stereocenters. The second-order valence-electron chi connectivity index (χ2n) is 10.1. The number of rotatable bonds is 4. The van der Waals surface area contributed by atoms with Crippen LogP contribution in [0.1, 0.15) is 41.4 Å². The van der Waals surface area contributed by atoms with Crippen LogP contribution in [0.4, 0.5) is 22.7 Å². The van der Waals surface area contributed by atoms with E-state index < -0.39 is 23.6 Å². The van der Waals surface area contributed by atoms with Crippen molar-refractivity contribution in [1.29, 1.82) is 0 Å². The standard InChI is InChI=1S/C34H22N4O4/c35-23-11-5-19(6-12-23)21-9-15-25-27(17-21)33(41)37(31(25)39)29-3-1-2-4-30(29)38-32(40)26-16-10-22(18-28(26)34(38)42)20-7-13-24(36)14-8-20/h1-18H,35-36H2. The van der Waals surface area contributed by atoms with Crippen molar-refractivity contribution < 1.29 is 19.2 Å². The van der Waals surface area contributed by atoms with Crippen molar-refractivity contribution in [2.75, 3.05) is 21.3 Å². The minimum atomic E-state index is -0.540. The fourth-order valence-corrected chi connectivity index (χ4v) is 5.47. The number of anilines is 4. The van der Waals surface area contributed by atoms with Crippen molar-refractivity contribution >= 4 is 46.4 Å². The normalized spacial score (nSPS) is 14.0. The highest BCUT2D eigenvalue weighted by Crippen LogP contribution is 2.40. The molecule has 0 aromatic heterocycles. The van der Waals surface area contributed by atoms with Gasteiger partial charge in [0.25, 0.3) is 23.6 Å². The van der Waals surface area contributed by atoms with Crippen molar-refractivity contribution in [3.8, 4) is 22.3 Å². The smallest absolute Gasteiger partial charge is 0.266 e. The Hall–Kier alpha value is -6.02.